The van der Waals surface area contributed by atoms with E-state index in [2.05, 4.69) is 22.6 Å². The van der Waals surface area contributed by atoms with Crippen molar-refractivity contribution in [1.82, 2.24) is 9.80 Å². The first-order valence-electron chi connectivity index (χ1n) is 6.69. The molecule has 0 unspecified atom stereocenters. The number of hydrogen-bond acceptors (Lipinski definition) is 3. The second-order valence-corrected chi connectivity index (χ2v) is 6.18. The Morgan fingerprint density at radius 1 is 1.24 bits per heavy atom. The largest absolute Gasteiger partial charge is 0.450 e. The van der Waals surface area contributed by atoms with Crippen molar-refractivity contribution in [3.05, 3.63) is 32.4 Å². The van der Waals surface area contributed by atoms with Gasteiger partial charge in [-0.3, -0.25) is 4.79 Å². The van der Waals surface area contributed by atoms with E-state index in [1.54, 1.807) is 28.9 Å². The second kappa shape index (κ2) is 7.31. The summed E-state index contributed by atoms with van der Waals surface area (Å²) in [5, 5.41) is 0.576. The molecule has 21 heavy (non-hydrogen) atoms. The number of nitrogens with zero attached hydrogens (tertiary/aromatic N) is 2. The van der Waals surface area contributed by atoms with Crippen molar-refractivity contribution >= 4 is 46.2 Å². The van der Waals surface area contributed by atoms with E-state index in [0.717, 1.165) is 3.57 Å². The molecule has 1 heterocycles. The number of rotatable bonds is 2. The van der Waals surface area contributed by atoms with Crippen molar-refractivity contribution in [1.29, 1.82) is 0 Å². The molecule has 1 aromatic rings. The maximum atomic E-state index is 12.4. The number of carbonyl (C=O) groups is 2. The Bertz CT molecular complexity index is 545. The molecule has 0 aromatic heterocycles. The van der Waals surface area contributed by atoms with Gasteiger partial charge in [-0.15, -0.1) is 0 Å². The molecule has 1 aliphatic rings. The number of carbonyl (C=O) groups excluding carboxylic acids is 2. The monoisotopic (exact) mass is 422 g/mol. The minimum absolute atomic E-state index is 0.0585. The average Bonchev–Trinajstić information content (AvgIpc) is 2.50. The summed E-state index contributed by atoms with van der Waals surface area (Å²) < 4.78 is 5.87. The van der Waals surface area contributed by atoms with E-state index in [1.807, 2.05) is 6.07 Å². The van der Waals surface area contributed by atoms with E-state index in [1.165, 1.54) is 0 Å². The molecule has 2 amide bonds. The average molecular weight is 423 g/mol. The summed E-state index contributed by atoms with van der Waals surface area (Å²) in [6, 6.07) is 5.28. The van der Waals surface area contributed by atoms with Crippen LogP contribution in [-0.2, 0) is 4.74 Å². The fraction of sp³-hybridized carbons (Fsp3) is 0.429. The Labute approximate surface area is 142 Å². The Morgan fingerprint density at radius 3 is 2.43 bits per heavy atom. The van der Waals surface area contributed by atoms with Gasteiger partial charge in [-0.2, -0.15) is 0 Å². The fourth-order valence-electron chi connectivity index (χ4n) is 2.12. The molecule has 5 nitrogen and oxygen atoms in total. The number of ether oxygens (including phenoxy) is 1. The summed E-state index contributed by atoms with van der Waals surface area (Å²) in [4.78, 5) is 27.4. The van der Waals surface area contributed by atoms with Gasteiger partial charge >= 0.3 is 6.09 Å². The van der Waals surface area contributed by atoms with Gasteiger partial charge in [-0.05, 0) is 47.7 Å². The topological polar surface area (TPSA) is 49.9 Å². The van der Waals surface area contributed by atoms with E-state index in [0.29, 0.717) is 43.4 Å². The summed E-state index contributed by atoms with van der Waals surface area (Å²) in [5.74, 6) is -0.0585. The van der Waals surface area contributed by atoms with Gasteiger partial charge in [0.05, 0.1) is 11.6 Å². The minimum atomic E-state index is -0.318. The molecule has 0 aliphatic carbocycles. The second-order valence-electron chi connectivity index (χ2n) is 4.61. The number of halogens is 2. The summed E-state index contributed by atoms with van der Waals surface area (Å²) in [6.45, 7) is 4.12. The molecule has 7 heteroatoms. The molecule has 0 N–H and O–H groups in total. The smallest absolute Gasteiger partial charge is 0.409 e. The lowest BCUT2D eigenvalue weighted by Crippen LogP contribution is -2.50. The van der Waals surface area contributed by atoms with Crippen molar-refractivity contribution in [3.8, 4) is 0 Å². The van der Waals surface area contributed by atoms with E-state index in [4.69, 9.17) is 16.3 Å². The molecular formula is C14H16ClIN2O3. The van der Waals surface area contributed by atoms with Crippen LogP contribution in [0.1, 0.15) is 17.3 Å². The van der Waals surface area contributed by atoms with Gasteiger partial charge < -0.3 is 14.5 Å². The summed E-state index contributed by atoms with van der Waals surface area (Å²) >= 11 is 8.17. The van der Waals surface area contributed by atoms with E-state index in [9.17, 15) is 9.59 Å². The van der Waals surface area contributed by atoms with Crippen LogP contribution < -0.4 is 0 Å². The predicted octanol–water partition coefficient (Wildman–Crippen LogP) is 2.86. The molecule has 0 radical (unpaired) electrons. The number of benzene rings is 1. The first-order chi connectivity index (χ1) is 10.0. The molecule has 114 valence electrons. The number of hydrogen-bond donors (Lipinski definition) is 0. The maximum Gasteiger partial charge on any atom is 0.409 e. The van der Waals surface area contributed by atoms with Crippen LogP contribution in [0.4, 0.5) is 4.79 Å². The van der Waals surface area contributed by atoms with Crippen LogP contribution in [0.15, 0.2) is 18.2 Å². The SMILES string of the molecule is CCOC(=O)N1CCN(C(=O)c2ccc(I)c(Cl)c2)CC1. The minimum Gasteiger partial charge on any atom is -0.450 e. The van der Waals surface area contributed by atoms with Gasteiger partial charge in [0.1, 0.15) is 0 Å². The van der Waals surface area contributed by atoms with Crippen molar-refractivity contribution < 1.29 is 14.3 Å². The molecule has 0 spiro atoms. The van der Waals surface area contributed by atoms with Crippen LogP contribution >= 0.6 is 34.2 Å². The third-order valence-electron chi connectivity index (χ3n) is 3.26. The molecular weight excluding hydrogens is 407 g/mol. The summed E-state index contributed by atoms with van der Waals surface area (Å²) in [5.41, 5.74) is 0.574. The third-order valence-corrected chi connectivity index (χ3v) is 4.83. The van der Waals surface area contributed by atoms with E-state index in [-0.39, 0.29) is 12.0 Å². The van der Waals surface area contributed by atoms with Crippen molar-refractivity contribution in [2.45, 2.75) is 6.92 Å². The molecule has 1 saturated heterocycles. The van der Waals surface area contributed by atoms with Gasteiger partial charge in [0.15, 0.2) is 0 Å². The molecule has 2 rings (SSSR count). The molecule has 1 fully saturated rings. The Hall–Kier alpha value is -1.02. The number of piperazine rings is 1. The molecule has 1 aliphatic heterocycles. The third kappa shape index (κ3) is 4.00. The lowest BCUT2D eigenvalue weighted by molar-refractivity contribution is 0.0570. The van der Waals surface area contributed by atoms with Crippen LogP contribution in [-0.4, -0.2) is 54.6 Å². The van der Waals surface area contributed by atoms with Gasteiger partial charge in [-0.25, -0.2) is 4.79 Å². The first-order valence-corrected chi connectivity index (χ1v) is 8.14. The highest BCUT2D eigenvalue weighted by atomic mass is 127. The standard InChI is InChI=1S/C14H16ClIN2O3/c1-2-21-14(20)18-7-5-17(6-8-18)13(19)10-3-4-12(16)11(15)9-10/h3-4,9H,2,5-8H2,1H3. The lowest BCUT2D eigenvalue weighted by atomic mass is 10.2. The van der Waals surface area contributed by atoms with Crippen LogP contribution in [0, 0.1) is 3.57 Å². The molecule has 0 saturated carbocycles. The normalized spacial score (nSPS) is 15.0. The van der Waals surface area contributed by atoms with E-state index >= 15 is 0 Å². The highest BCUT2D eigenvalue weighted by Crippen LogP contribution is 2.21. The van der Waals surface area contributed by atoms with Gasteiger partial charge in [-0.1, -0.05) is 11.6 Å². The Kier molecular flexibility index (Phi) is 5.69. The van der Waals surface area contributed by atoms with Crippen LogP contribution in [0.5, 0.6) is 0 Å². The highest BCUT2D eigenvalue weighted by Gasteiger charge is 2.25. The van der Waals surface area contributed by atoms with Gasteiger partial charge in [0.2, 0.25) is 0 Å². The van der Waals surface area contributed by atoms with Crippen molar-refractivity contribution in [2.24, 2.45) is 0 Å². The van der Waals surface area contributed by atoms with Gasteiger partial charge in [0, 0.05) is 35.3 Å². The zero-order chi connectivity index (χ0) is 15.4. The zero-order valence-electron chi connectivity index (χ0n) is 11.6. The zero-order valence-corrected chi connectivity index (χ0v) is 14.6. The van der Waals surface area contributed by atoms with Crippen LogP contribution in [0.25, 0.3) is 0 Å². The first kappa shape index (κ1) is 16.4. The molecule has 0 atom stereocenters. The quantitative estimate of drug-likeness (QED) is 0.689. The van der Waals surface area contributed by atoms with Crippen molar-refractivity contribution in [2.75, 3.05) is 32.8 Å². The molecule has 0 bridgehead atoms. The van der Waals surface area contributed by atoms with Gasteiger partial charge in [0.25, 0.3) is 5.91 Å². The van der Waals surface area contributed by atoms with Crippen LogP contribution in [0.2, 0.25) is 5.02 Å². The Morgan fingerprint density at radius 2 is 1.86 bits per heavy atom. The fourth-order valence-corrected chi connectivity index (χ4v) is 2.63. The van der Waals surface area contributed by atoms with E-state index < -0.39 is 0 Å². The van der Waals surface area contributed by atoms with Crippen molar-refractivity contribution in [3.63, 3.8) is 0 Å². The predicted molar refractivity (Wildman–Crippen MR) is 88.7 cm³/mol. The summed E-state index contributed by atoms with van der Waals surface area (Å²) in [6.07, 6.45) is -0.318. The lowest BCUT2D eigenvalue weighted by Gasteiger charge is -2.34. The number of amides is 2. The highest BCUT2D eigenvalue weighted by molar-refractivity contribution is 14.1. The van der Waals surface area contributed by atoms with Crippen LogP contribution in [0.3, 0.4) is 0 Å². The molecule has 1 aromatic carbocycles. The maximum absolute atomic E-state index is 12.4. The Balaban J connectivity index is 1.97. The summed E-state index contributed by atoms with van der Waals surface area (Å²) in [7, 11) is 0.